The van der Waals surface area contributed by atoms with Gasteiger partial charge in [-0.2, -0.15) is 0 Å². The molecule has 0 N–H and O–H groups in total. The van der Waals surface area contributed by atoms with Crippen LogP contribution in [-0.4, -0.2) is 11.1 Å². The van der Waals surface area contributed by atoms with Crippen molar-refractivity contribution in [2.24, 2.45) is 0 Å². The maximum atomic E-state index is 14.6. The van der Waals surface area contributed by atoms with Crippen molar-refractivity contribution in [2.75, 3.05) is 0 Å². The molecule has 0 aliphatic rings. The molecule has 22 heavy (non-hydrogen) atoms. The third-order valence-corrected chi connectivity index (χ3v) is 3.50. The average Bonchev–Trinajstić information content (AvgIpc) is 2.43. The number of rotatable bonds is 4. The van der Waals surface area contributed by atoms with Crippen molar-refractivity contribution >= 4 is 28.8 Å². The number of aromatic nitrogens is 1. The van der Waals surface area contributed by atoms with Crippen LogP contribution >= 0.6 is 23.2 Å². The zero-order chi connectivity index (χ0) is 16.4. The zero-order valence-electron chi connectivity index (χ0n) is 12.6. The van der Waals surface area contributed by atoms with Gasteiger partial charge in [-0.3, -0.25) is 0 Å². The van der Waals surface area contributed by atoms with Crippen LogP contribution in [0.2, 0.25) is 10.2 Å². The number of ether oxygens (including phenoxy) is 1. The SMILES string of the molecule is C=C(C)c1cc(Cl)c(F)c(-c2ccc(Cl)nc2)c1OC(C)C. The lowest BCUT2D eigenvalue weighted by atomic mass is 9.98. The second-order valence-electron chi connectivity index (χ2n) is 5.24. The lowest BCUT2D eigenvalue weighted by molar-refractivity contribution is 0.242. The van der Waals surface area contributed by atoms with Crippen molar-refractivity contribution in [3.05, 3.63) is 52.5 Å². The van der Waals surface area contributed by atoms with Crippen molar-refractivity contribution in [3.63, 3.8) is 0 Å². The van der Waals surface area contributed by atoms with Crippen molar-refractivity contribution in [3.8, 4) is 16.9 Å². The molecular formula is C17H16Cl2FNO. The molecule has 0 aliphatic carbocycles. The van der Waals surface area contributed by atoms with Gasteiger partial charge in [-0.15, -0.1) is 0 Å². The van der Waals surface area contributed by atoms with Crippen LogP contribution in [-0.2, 0) is 0 Å². The van der Waals surface area contributed by atoms with E-state index in [2.05, 4.69) is 11.6 Å². The maximum Gasteiger partial charge on any atom is 0.153 e. The number of halogens is 3. The summed E-state index contributed by atoms with van der Waals surface area (Å²) in [6, 6.07) is 4.81. The van der Waals surface area contributed by atoms with Crippen LogP contribution in [0.25, 0.3) is 16.7 Å². The molecule has 1 aromatic heterocycles. The van der Waals surface area contributed by atoms with Crippen molar-refractivity contribution in [1.29, 1.82) is 0 Å². The van der Waals surface area contributed by atoms with Gasteiger partial charge in [0.05, 0.1) is 16.7 Å². The van der Waals surface area contributed by atoms with Crippen molar-refractivity contribution in [2.45, 2.75) is 26.9 Å². The van der Waals surface area contributed by atoms with Gasteiger partial charge >= 0.3 is 0 Å². The molecule has 1 aromatic carbocycles. The van der Waals surface area contributed by atoms with E-state index in [1.54, 1.807) is 12.1 Å². The van der Waals surface area contributed by atoms with Crippen LogP contribution in [0.5, 0.6) is 5.75 Å². The highest BCUT2D eigenvalue weighted by molar-refractivity contribution is 6.31. The fraction of sp³-hybridized carbons (Fsp3) is 0.235. The van der Waals surface area contributed by atoms with E-state index in [4.69, 9.17) is 27.9 Å². The van der Waals surface area contributed by atoms with Gasteiger partial charge in [0.1, 0.15) is 10.9 Å². The molecule has 0 aliphatic heterocycles. The fourth-order valence-electron chi connectivity index (χ4n) is 2.07. The van der Waals surface area contributed by atoms with E-state index in [-0.39, 0.29) is 16.7 Å². The summed E-state index contributed by atoms with van der Waals surface area (Å²) in [5.74, 6) is -0.139. The predicted molar refractivity (Wildman–Crippen MR) is 90.1 cm³/mol. The number of benzene rings is 1. The molecule has 1 heterocycles. The van der Waals surface area contributed by atoms with Gasteiger partial charge in [0.2, 0.25) is 0 Å². The van der Waals surface area contributed by atoms with Gasteiger partial charge in [0.25, 0.3) is 0 Å². The molecule has 116 valence electrons. The summed E-state index contributed by atoms with van der Waals surface area (Å²) in [5.41, 5.74) is 2.22. The number of pyridine rings is 1. The molecule has 0 spiro atoms. The standard InChI is InChI=1S/C17H16Cl2FNO/c1-9(2)12-7-13(18)16(20)15(17(12)22-10(3)4)11-5-6-14(19)21-8-11/h5-8,10H,1H2,2-4H3. The van der Waals surface area contributed by atoms with E-state index in [1.807, 2.05) is 20.8 Å². The quantitative estimate of drug-likeness (QED) is 0.636. The number of hydrogen-bond acceptors (Lipinski definition) is 2. The van der Waals surface area contributed by atoms with Gasteiger partial charge in [0.15, 0.2) is 5.82 Å². The number of allylic oxidation sites excluding steroid dienone is 1. The first kappa shape index (κ1) is 16.8. The third kappa shape index (κ3) is 3.42. The van der Waals surface area contributed by atoms with Gasteiger partial charge < -0.3 is 4.74 Å². The van der Waals surface area contributed by atoms with Gasteiger partial charge in [-0.05, 0) is 44.5 Å². The number of nitrogens with zero attached hydrogens (tertiary/aromatic N) is 1. The fourth-order valence-corrected chi connectivity index (χ4v) is 2.38. The largest absolute Gasteiger partial charge is 0.490 e. The summed E-state index contributed by atoms with van der Waals surface area (Å²) in [6.07, 6.45) is 1.37. The molecule has 2 nitrogen and oxygen atoms in total. The first-order chi connectivity index (χ1) is 10.3. The topological polar surface area (TPSA) is 22.1 Å². The van der Waals surface area contributed by atoms with Crippen molar-refractivity contribution in [1.82, 2.24) is 4.98 Å². The van der Waals surface area contributed by atoms with Gasteiger partial charge in [0, 0.05) is 17.3 Å². The molecule has 0 unspecified atom stereocenters. The highest BCUT2D eigenvalue weighted by Crippen LogP contribution is 2.42. The average molecular weight is 340 g/mol. The maximum absolute atomic E-state index is 14.6. The van der Waals surface area contributed by atoms with Gasteiger partial charge in [-0.25, -0.2) is 9.37 Å². The van der Waals surface area contributed by atoms with E-state index < -0.39 is 5.82 Å². The Morgan fingerprint density at radius 1 is 1.32 bits per heavy atom. The van der Waals surface area contributed by atoms with Crippen LogP contribution in [0.15, 0.2) is 31.0 Å². The Hall–Kier alpha value is -1.58. The Morgan fingerprint density at radius 2 is 2.00 bits per heavy atom. The molecular weight excluding hydrogens is 324 g/mol. The molecule has 0 fully saturated rings. The first-order valence-electron chi connectivity index (χ1n) is 6.77. The summed E-state index contributed by atoms with van der Waals surface area (Å²) in [5, 5.41) is 0.344. The summed E-state index contributed by atoms with van der Waals surface area (Å²) in [7, 11) is 0. The van der Waals surface area contributed by atoms with E-state index in [0.717, 1.165) is 5.57 Å². The third-order valence-electron chi connectivity index (χ3n) is 3.00. The van der Waals surface area contributed by atoms with E-state index in [9.17, 15) is 4.39 Å². The Labute approximate surface area is 139 Å². The normalized spacial score (nSPS) is 10.9. The molecule has 0 saturated heterocycles. The Morgan fingerprint density at radius 3 is 2.50 bits per heavy atom. The second-order valence-corrected chi connectivity index (χ2v) is 6.04. The van der Waals surface area contributed by atoms with Crippen molar-refractivity contribution < 1.29 is 9.13 Å². The second kappa shape index (κ2) is 6.67. The van der Waals surface area contributed by atoms with Gasteiger partial charge in [-0.1, -0.05) is 29.8 Å². The minimum absolute atomic E-state index is 0.0130. The predicted octanol–water partition coefficient (Wildman–Crippen LogP) is 6.01. The summed E-state index contributed by atoms with van der Waals surface area (Å²) in [4.78, 5) is 4.00. The molecule has 2 rings (SSSR count). The van der Waals surface area contributed by atoms with E-state index >= 15 is 0 Å². The molecule has 0 radical (unpaired) electrons. The molecule has 0 amide bonds. The molecule has 5 heteroatoms. The van der Waals surface area contributed by atoms with Crippen LogP contribution in [0.4, 0.5) is 4.39 Å². The summed E-state index contributed by atoms with van der Waals surface area (Å²) in [6.45, 7) is 9.48. The minimum atomic E-state index is -0.550. The highest BCUT2D eigenvalue weighted by Gasteiger charge is 2.22. The molecule has 0 atom stereocenters. The minimum Gasteiger partial charge on any atom is -0.490 e. The van der Waals surface area contributed by atoms with E-state index in [0.29, 0.717) is 22.0 Å². The number of hydrogen-bond donors (Lipinski definition) is 0. The first-order valence-corrected chi connectivity index (χ1v) is 7.53. The molecule has 0 bridgehead atoms. The zero-order valence-corrected chi connectivity index (χ0v) is 14.1. The van der Waals surface area contributed by atoms with Crippen LogP contribution in [0, 0.1) is 5.82 Å². The Bertz CT molecular complexity index is 712. The summed E-state index contributed by atoms with van der Waals surface area (Å²) >= 11 is 11.8. The highest BCUT2D eigenvalue weighted by atomic mass is 35.5. The summed E-state index contributed by atoms with van der Waals surface area (Å²) < 4.78 is 20.5. The van der Waals surface area contributed by atoms with E-state index in [1.165, 1.54) is 12.3 Å². The van der Waals surface area contributed by atoms with Crippen LogP contribution < -0.4 is 4.74 Å². The van der Waals surface area contributed by atoms with Crippen LogP contribution in [0.1, 0.15) is 26.3 Å². The monoisotopic (exact) mass is 339 g/mol. The molecule has 2 aromatic rings. The lowest BCUT2D eigenvalue weighted by Crippen LogP contribution is -2.09. The lowest BCUT2D eigenvalue weighted by Gasteiger charge is -2.20. The Kier molecular flexibility index (Phi) is 5.09. The Balaban J connectivity index is 2.78. The molecule has 0 saturated carbocycles. The van der Waals surface area contributed by atoms with Crippen LogP contribution in [0.3, 0.4) is 0 Å². The smallest absolute Gasteiger partial charge is 0.153 e.